The fourth-order valence-electron chi connectivity index (χ4n) is 2.53. The van der Waals surface area contributed by atoms with E-state index in [1.165, 1.54) is 0 Å². The first-order valence-electron chi connectivity index (χ1n) is 8.32. The van der Waals surface area contributed by atoms with Crippen molar-refractivity contribution < 1.29 is 9.53 Å². The van der Waals surface area contributed by atoms with Crippen LogP contribution in [0.5, 0.6) is 5.75 Å². The lowest BCUT2D eigenvalue weighted by atomic mass is 10.3. The zero-order valence-corrected chi connectivity index (χ0v) is 15.1. The average Bonchev–Trinajstić information content (AvgIpc) is 2.57. The topological polar surface area (TPSA) is 53.6 Å². The molecule has 0 atom stereocenters. The third kappa shape index (κ3) is 7.81. The molecule has 128 valence electrons. The van der Waals surface area contributed by atoms with E-state index in [1.807, 2.05) is 24.3 Å². The van der Waals surface area contributed by atoms with Gasteiger partial charge < -0.3 is 20.3 Å². The Hall–Kier alpha value is -1.11. The maximum Gasteiger partial charge on any atom is 0.220 e. The first-order valence-corrected chi connectivity index (χ1v) is 9.11. The minimum absolute atomic E-state index is 0.114. The predicted octanol–water partition coefficient (Wildman–Crippen LogP) is 2.02. The first-order chi connectivity index (χ1) is 11.2. The highest BCUT2D eigenvalue weighted by Gasteiger charge is 2.08. The van der Waals surface area contributed by atoms with Crippen molar-refractivity contribution in [3.05, 3.63) is 28.7 Å². The number of hydrogen-bond donors (Lipinski definition) is 2. The molecule has 0 unspecified atom stereocenters. The number of nitrogens with zero attached hydrogens (tertiary/aromatic N) is 1. The van der Waals surface area contributed by atoms with Gasteiger partial charge in [0.25, 0.3) is 0 Å². The molecular weight excluding hydrogens is 358 g/mol. The molecule has 1 aromatic carbocycles. The number of nitrogens with one attached hydrogen (secondary N) is 2. The Kier molecular flexibility index (Phi) is 8.42. The number of amides is 1. The van der Waals surface area contributed by atoms with Crippen LogP contribution in [0.1, 0.15) is 19.3 Å². The number of hydrogen-bond acceptors (Lipinski definition) is 4. The molecule has 1 fully saturated rings. The molecule has 1 heterocycles. The van der Waals surface area contributed by atoms with Gasteiger partial charge in [0.1, 0.15) is 5.75 Å². The van der Waals surface area contributed by atoms with Gasteiger partial charge >= 0.3 is 0 Å². The minimum atomic E-state index is 0.114. The van der Waals surface area contributed by atoms with E-state index < -0.39 is 0 Å². The molecule has 1 aliphatic rings. The van der Waals surface area contributed by atoms with Gasteiger partial charge in [0.15, 0.2) is 0 Å². The van der Waals surface area contributed by atoms with Crippen molar-refractivity contribution in [2.75, 3.05) is 45.9 Å². The quantitative estimate of drug-likeness (QED) is 0.640. The molecule has 2 N–H and O–H groups in total. The van der Waals surface area contributed by atoms with Gasteiger partial charge in [-0.1, -0.05) is 22.0 Å². The van der Waals surface area contributed by atoms with E-state index >= 15 is 0 Å². The van der Waals surface area contributed by atoms with Crippen molar-refractivity contribution in [2.24, 2.45) is 0 Å². The number of carbonyl (C=O) groups is 1. The number of benzene rings is 1. The van der Waals surface area contributed by atoms with Gasteiger partial charge in [0.05, 0.1) is 6.61 Å². The van der Waals surface area contributed by atoms with Crippen LogP contribution in [0.4, 0.5) is 0 Å². The van der Waals surface area contributed by atoms with E-state index in [1.54, 1.807) is 0 Å². The van der Waals surface area contributed by atoms with Crippen molar-refractivity contribution in [3.63, 3.8) is 0 Å². The summed E-state index contributed by atoms with van der Waals surface area (Å²) in [6.07, 6.45) is 2.26. The van der Waals surface area contributed by atoms with Crippen molar-refractivity contribution in [1.29, 1.82) is 0 Å². The number of ether oxygens (including phenoxy) is 1. The summed E-state index contributed by atoms with van der Waals surface area (Å²) in [6.45, 7) is 6.75. The molecule has 0 bridgehead atoms. The first kappa shape index (κ1) is 18.2. The zero-order valence-electron chi connectivity index (χ0n) is 13.5. The Balaban J connectivity index is 1.46. The minimum Gasteiger partial charge on any atom is -0.494 e. The number of rotatable bonds is 9. The molecule has 1 aromatic rings. The van der Waals surface area contributed by atoms with Gasteiger partial charge in [-0.15, -0.1) is 0 Å². The summed E-state index contributed by atoms with van der Waals surface area (Å²) in [6, 6.07) is 7.74. The highest BCUT2D eigenvalue weighted by Crippen LogP contribution is 2.17. The molecule has 1 saturated heterocycles. The highest BCUT2D eigenvalue weighted by atomic mass is 79.9. The van der Waals surface area contributed by atoms with Gasteiger partial charge in [-0.05, 0) is 37.6 Å². The summed E-state index contributed by atoms with van der Waals surface area (Å²) in [4.78, 5) is 14.2. The maximum absolute atomic E-state index is 11.8. The number of carbonyl (C=O) groups excluding carboxylic acids is 1. The Morgan fingerprint density at radius 1 is 1.30 bits per heavy atom. The number of piperazine rings is 1. The van der Waals surface area contributed by atoms with Crippen LogP contribution in [-0.4, -0.2) is 56.7 Å². The van der Waals surface area contributed by atoms with Crippen LogP contribution in [0, 0.1) is 0 Å². The Morgan fingerprint density at radius 2 is 2.13 bits per heavy atom. The van der Waals surface area contributed by atoms with Crippen molar-refractivity contribution >= 4 is 21.8 Å². The third-order valence-corrected chi connectivity index (χ3v) is 4.29. The summed E-state index contributed by atoms with van der Waals surface area (Å²) in [5, 5.41) is 6.33. The molecular formula is C17H26BrN3O2. The molecule has 5 nitrogen and oxygen atoms in total. The summed E-state index contributed by atoms with van der Waals surface area (Å²) in [7, 11) is 0. The monoisotopic (exact) mass is 383 g/mol. The van der Waals surface area contributed by atoms with E-state index in [0.717, 1.165) is 62.3 Å². The van der Waals surface area contributed by atoms with Gasteiger partial charge in [-0.2, -0.15) is 0 Å². The molecule has 2 rings (SSSR count). The van der Waals surface area contributed by atoms with Crippen molar-refractivity contribution in [3.8, 4) is 5.75 Å². The summed E-state index contributed by atoms with van der Waals surface area (Å²) in [5.74, 6) is 0.943. The molecule has 23 heavy (non-hydrogen) atoms. The fraction of sp³-hybridized carbons (Fsp3) is 0.588. The van der Waals surface area contributed by atoms with Crippen LogP contribution in [0.3, 0.4) is 0 Å². The molecule has 0 radical (unpaired) electrons. The van der Waals surface area contributed by atoms with Gasteiger partial charge in [0, 0.05) is 43.6 Å². The standard InChI is InChI=1S/C17H26BrN3O2/c18-15-4-1-5-16(14-15)23-13-2-6-17(22)20-7-3-10-21-11-8-19-9-12-21/h1,4-5,14,19H,2-3,6-13H2,(H,20,22). The third-order valence-electron chi connectivity index (χ3n) is 3.80. The summed E-state index contributed by atoms with van der Waals surface area (Å²) >= 11 is 3.41. The molecule has 0 saturated carbocycles. The SMILES string of the molecule is O=C(CCCOc1cccc(Br)c1)NCCCN1CCNCC1. The van der Waals surface area contributed by atoms with E-state index in [2.05, 4.69) is 31.5 Å². The van der Waals surface area contributed by atoms with E-state index in [4.69, 9.17) is 4.74 Å². The highest BCUT2D eigenvalue weighted by molar-refractivity contribution is 9.10. The largest absolute Gasteiger partial charge is 0.494 e. The Bertz CT molecular complexity index is 479. The average molecular weight is 384 g/mol. The lowest BCUT2D eigenvalue weighted by Gasteiger charge is -2.27. The van der Waals surface area contributed by atoms with E-state index in [9.17, 15) is 4.79 Å². The van der Waals surface area contributed by atoms with Gasteiger partial charge in [0.2, 0.25) is 5.91 Å². The van der Waals surface area contributed by atoms with Gasteiger partial charge in [-0.25, -0.2) is 0 Å². The molecule has 6 heteroatoms. The van der Waals surface area contributed by atoms with Crippen LogP contribution in [0.2, 0.25) is 0 Å². The maximum atomic E-state index is 11.8. The summed E-state index contributed by atoms with van der Waals surface area (Å²) in [5.41, 5.74) is 0. The normalized spacial score (nSPS) is 15.3. The van der Waals surface area contributed by atoms with Crippen LogP contribution in [0.25, 0.3) is 0 Å². The van der Waals surface area contributed by atoms with E-state index in [-0.39, 0.29) is 5.91 Å². The van der Waals surface area contributed by atoms with Crippen LogP contribution in [0.15, 0.2) is 28.7 Å². The Labute approximate surface area is 146 Å². The molecule has 0 spiro atoms. The van der Waals surface area contributed by atoms with Gasteiger partial charge in [-0.3, -0.25) is 4.79 Å². The molecule has 0 aliphatic carbocycles. The number of halogens is 1. The fourth-order valence-corrected chi connectivity index (χ4v) is 2.91. The molecule has 1 amide bonds. The van der Waals surface area contributed by atoms with Crippen molar-refractivity contribution in [2.45, 2.75) is 19.3 Å². The second-order valence-corrected chi connectivity index (χ2v) is 6.62. The molecule has 1 aliphatic heterocycles. The predicted molar refractivity (Wildman–Crippen MR) is 95.8 cm³/mol. The lowest BCUT2D eigenvalue weighted by molar-refractivity contribution is -0.121. The van der Waals surface area contributed by atoms with Crippen LogP contribution < -0.4 is 15.4 Å². The van der Waals surface area contributed by atoms with Crippen LogP contribution in [-0.2, 0) is 4.79 Å². The summed E-state index contributed by atoms with van der Waals surface area (Å²) < 4.78 is 6.62. The Morgan fingerprint density at radius 3 is 2.91 bits per heavy atom. The second kappa shape index (κ2) is 10.6. The van der Waals surface area contributed by atoms with Crippen molar-refractivity contribution in [1.82, 2.24) is 15.5 Å². The zero-order chi connectivity index (χ0) is 16.3. The smallest absolute Gasteiger partial charge is 0.220 e. The van der Waals surface area contributed by atoms with Crippen LogP contribution >= 0.6 is 15.9 Å². The molecule has 0 aromatic heterocycles. The lowest BCUT2D eigenvalue weighted by Crippen LogP contribution is -2.44. The van der Waals surface area contributed by atoms with E-state index in [0.29, 0.717) is 13.0 Å². The second-order valence-electron chi connectivity index (χ2n) is 5.70.